The average Bonchev–Trinajstić information content (AvgIpc) is 2.58. The molecule has 0 aliphatic heterocycles. The van der Waals surface area contributed by atoms with Gasteiger partial charge in [0.05, 0.1) is 11.9 Å². The number of hydrogen-bond donors (Lipinski definition) is 1. The van der Waals surface area contributed by atoms with Crippen LogP contribution in [0.25, 0.3) is 0 Å². The van der Waals surface area contributed by atoms with Crippen LogP contribution in [0.15, 0.2) is 6.20 Å². The standard InChI is InChI=1S/C11H22N4/c1-9(2)5-6-10(3)12-7-11-8-13-14-15(11)4/h8-10,12H,5-7H2,1-4H3. The summed E-state index contributed by atoms with van der Waals surface area (Å²) < 4.78 is 1.81. The fraction of sp³-hybridized carbons (Fsp3) is 0.818. The van der Waals surface area contributed by atoms with Gasteiger partial charge in [-0.2, -0.15) is 0 Å². The first kappa shape index (κ1) is 12.2. The third-order valence-electron chi connectivity index (χ3n) is 2.62. The average molecular weight is 210 g/mol. The van der Waals surface area contributed by atoms with Gasteiger partial charge in [-0.25, -0.2) is 0 Å². The van der Waals surface area contributed by atoms with E-state index in [1.807, 2.05) is 17.9 Å². The molecule has 4 nitrogen and oxygen atoms in total. The van der Waals surface area contributed by atoms with E-state index < -0.39 is 0 Å². The van der Waals surface area contributed by atoms with E-state index in [2.05, 4.69) is 36.4 Å². The molecule has 0 bridgehead atoms. The van der Waals surface area contributed by atoms with Crippen molar-refractivity contribution in [2.75, 3.05) is 0 Å². The lowest BCUT2D eigenvalue weighted by Crippen LogP contribution is -2.26. The van der Waals surface area contributed by atoms with Crippen molar-refractivity contribution in [1.82, 2.24) is 20.3 Å². The summed E-state index contributed by atoms with van der Waals surface area (Å²) in [7, 11) is 1.92. The number of rotatable bonds is 6. The van der Waals surface area contributed by atoms with Crippen LogP contribution in [-0.4, -0.2) is 21.0 Å². The summed E-state index contributed by atoms with van der Waals surface area (Å²) in [5, 5.41) is 11.2. The lowest BCUT2D eigenvalue weighted by molar-refractivity contribution is 0.444. The van der Waals surface area contributed by atoms with Crippen LogP contribution in [0.2, 0.25) is 0 Å². The lowest BCUT2D eigenvalue weighted by Gasteiger charge is -2.14. The van der Waals surface area contributed by atoms with Crippen LogP contribution < -0.4 is 5.32 Å². The highest BCUT2D eigenvalue weighted by Gasteiger charge is 2.05. The van der Waals surface area contributed by atoms with Crippen LogP contribution in [0.1, 0.15) is 39.3 Å². The van der Waals surface area contributed by atoms with E-state index in [4.69, 9.17) is 0 Å². The Balaban J connectivity index is 2.22. The predicted molar refractivity (Wildman–Crippen MR) is 61.4 cm³/mol. The first-order chi connectivity index (χ1) is 7.09. The summed E-state index contributed by atoms with van der Waals surface area (Å²) in [4.78, 5) is 0. The van der Waals surface area contributed by atoms with Crippen LogP contribution in [0.3, 0.4) is 0 Å². The minimum absolute atomic E-state index is 0.558. The zero-order valence-corrected chi connectivity index (χ0v) is 10.2. The molecule has 1 atom stereocenters. The zero-order chi connectivity index (χ0) is 11.3. The summed E-state index contributed by atoms with van der Waals surface area (Å²) in [5.41, 5.74) is 1.13. The van der Waals surface area contributed by atoms with Gasteiger partial charge in [-0.1, -0.05) is 19.1 Å². The van der Waals surface area contributed by atoms with Gasteiger partial charge in [0.15, 0.2) is 0 Å². The number of hydrogen-bond acceptors (Lipinski definition) is 3. The molecule has 1 rings (SSSR count). The SMILES string of the molecule is CC(C)CCC(C)NCc1cnnn1C. The van der Waals surface area contributed by atoms with E-state index in [0.717, 1.165) is 18.2 Å². The van der Waals surface area contributed by atoms with Gasteiger partial charge in [-0.3, -0.25) is 4.68 Å². The molecule has 1 unspecified atom stereocenters. The van der Waals surface area contributed by atoms with Crippen molar-refractivity contribution in [3.05, 3.63) is 11.9 Å². The van der Waals surface area contributed by atoms with Crippen LogP contribution in [0.5, 0.6) is 0 Å². The predicted octanol–water partition coefficient (Wildman–Crippen LogP) is 1.73. The third kappa shape index (κ3) is 4.42. The van der Waals surface area contributed by atoms with Gasteiger partial charge in [0.1, 0.15) is 0 Å². The van der Waals surface area contributed by atoms with Gasteiger partial charge in [0.25, 0.3) is 0 Å². The van der Waals surface area contributed by atoms with Gasteiger partial charge in [-0.15, -0.1) is 5.10 Å². The smallest absolute Gasteiger partial charge is 0.0738 e. The minimum atomic E-state index is 0.558. The summed E-state index contributed by atoms with van der Waals surface area (Å²) in [5.74, 6) is 0.785. The Morgan fingerprint density at radius 3 is 2.60 bits per heavy atom. The quantitative estimate of drug-likeness (QED) is 0.777. The van der Waals surface area contributed by atoms with E-state index in [1.165, 1.54) is 12.8 Å². The number of aryl methyl sites for hydroxylation is 1. The first-order valence-corrected chi connectivity index (χ1v) is 5.66. The van der Waals surface area contributed by atoms with Crippen molar-refractivity contribution in [1.29, 1.82) is 0 Å². The van der Waals surface area contributed by atoms with Crippen molar-refractivity contribution < 1.29 is 0 Å². The molecule has 0 saturated carbocycles. The molecule has 4 heteroatoms. The number of nitrogens with zero attached hydrogens (tertiary/aromatic N) is 3. The molecular formula is C11H22N4. The van der Waals surface area contributed by atoms with Crippen LogP contribution in [-0.2, 0) is 13.6 Å². The third-order valence-corrected chi connectivity index (χ3v) is 2.62. The normalized spacial score (nSPS) is 13.4. The molecule has 0 radical (unpaired) electrons. The zero-order valence-electron chi connectivity index (χ0n) is 10.2. The monoisotopic (exact) mass is 210 g/mol. The van der Waals surface area contributed by atoms with Crippen LogP contribution in [0, 0.1) is 5.92 Å². The largest absolute Gasteiger partial charge is 0.309 e. The molecule has 0 saturated heterocycles. The van der Waals surface area contributed by atoms with Crippen molar-refractivity contribution in [2.45, 2.75) is 46.2 Å². The molecular weight excluding hydrogens is 188 g/mol. The molecule has 1 heterocycles. The highest BCUT2D eigenvalue weighted by Crippen LogP contribution is 2.06. The van der Waals surface area contributed by atoms with Crippen molar-refractivity contribution >= 4 is 0 Å². The second-order valence-corrected chi connectivity index (χ2v) is 4.60. The molecule has 1 aromatic rings. The maximum atomic E-state index is 3.90. The van der Waals surface area contributed by atoms with Crippen LogP contribution in [0.4, 0.5) is 0 Å². The van der Waals surface area contributed by atoms with Gasteiger partial charge >= 0.3 is 0 Å². The molecule has 0 aliphatic rings. The Bertz CT molecular complexity index is 280. The lowest BCUT2D eigenvalue weighted by atomic mass is 10.0. The minimum Gasteiger partial charge on any atom is -0.309 e. The van der Waals surface area contributed by atoms with Gasteiger partial charge < -0.3 is 5.32 Å². The highest BCUT2D eigenvalue weighted by molar-refractivity contribution is 4.92. The van der Waals surface area contributed by atoms with E-state index in [1.54, 1.807) is 0 Å². The molecule has 0 amide bonds. The van der Waals surface area contributed by atoms with Crippen LogP contribution >= 0.6 is 0 Å². The molecule has 86 valence electrons. The summed E-state index contributed by atoms with van der Waals surface area (Å²) in [6, 6.07) is 0.558. The Labute approximate surface area is 92.1 Å². The highest BCUT2D eigenvalue weighted by atomic mass is 15.4. The Morgan fingerprint density at radius 1 is 1.33 bits per heavy atom. The Morgan fingerprint density at radius 2 is 2.07 bits per heavy atom. The van der Waals surface area contributed by atoms with E-state index >= 15 is 0 Å². The Hall–Kier alpha value is -0.900. The first-order valence-electron chi connectivity index (χ1n) is 5.66. The molecule has 0 fully saturated rings. The van der Waals surface area contributed by atoms with E-state index in [9.17, 15) is 0 Å². The van der Waals surface area contributed by atoms with E-state index in [0.29, 0.717) is 6.04 Å². The molecule has 0 spiro atoms. The summed E-state index contributed by atoms with van der Waals surface area (Å²) in [6.07, 6.45) is 4.31. The van der Waals surface area contributed by atoms with E-state index in [-0.39, 0.29) is 0 Å². The molecule has 1 aromatic heterocycles. The Kier molecular flexibility index (Phi) is 4.75. The fourth-order valence-corrected chi connectivity index (χ4v) is 1.44. The maximum Gasteiger partial charge on any atom is 0.0738 e. The second kappa shape index (κ2) is 5.85. The second-order valence-electron chi connectivity index (χ2n) is 4.60. The van der Waals surface area contributed by atoms with Crippen molar-refractivity contribution in [3.63, 3.8) is 0 Å². The van der Waals surface area contributed by atoms with Gasteiger partial charge in [0.2, 0.25) is 0 Å². The molecule has 15 heavy (non-hydrogen) atoms. The van der Waals surface area contributed by atoms with Gasteiger partial charge in [0, 0.05) is 19.6 Å². The number of aromatic nitrogens is 3. The maximum absolute atomic E-state index is 3.90. The molecule has 0 aliphatic carbocycles. The molecule has 0 aromatic carbocycles. The van der Waals surface area contributed by atoms with Crippen molar-refractivity contribution in [2.24, 2.45) is 13.0 Å². The fourth-order valence-electron chi connectivity index (χ4n) is 1.44. The van der Waals surface area contributed by atoms with Crippen molar-refractivity contribution in [3.8, 4) is 0 Å². The summed E-state index contributed by atoms with van der Waals surface area (Å²) in [6.45, 7) is 7.60. The number of nitrogens with one attached hydrogen (secondary N) is 1. The molecule has 1 N–H and O–H groups in total. The summed E-state index contributed by atoms with van der Waals surface area (Å²) >= 11 is 0. The van der Waals surface area contributed by atoms with Gasteiger partial charge in [-0.05, 0) is 25.7 Å². The topological polar surface area (TPSA) is 42.7 Å².